The standard InChI is InChI=1S/C24H16ClN5O/c25-19-6-4-17(5-7-19)24(31)28-20-3-1-2-18(14-20)22-10-13-27-23-15-21(29-30(22)23)16-8-11-26-12-9-16/h1-15H,(H,28,31). The van der Waals surface area contributed by atoms with Crippen molar-refractivity contribution in [3.8, 4) is 22.5 Å². The van der Waals surface area contributed by atoms with Crippen LogP contribution in [-0.2, 0) is 0 Å². The van der Waals surface area contributed by atoms with Crippen LogP contribution in [0.15, 0.2) is 91.4 Å². The summed E-state index contributed by atoms with van der Waals surface area (Å²) in [5.41, 5.74) is 5.52. The lowest BCUT2D eigenvalue weighted by molar-refractivity contribution is 0.102. The van der Waals surface area contributed by atoms with Gasteiger partial charge in [-0.15, -0.1) is 0 Å². The van der Waals surface area contributed by atoms with Gasteiger partial charge < -0.3 is 5.32 Å². The van der Waals surface area contributed by atoms with Crippen LogP contribution in [0, 0.1) is 0 Å². The van der Waals surface area contributed by atoms with Crippen LogP contribution in [0.25, 0.3) is 28.2 Å². The number of nitrogens with zero attached hydrogens (tertiary/aromatic N) is 4. The normalized spacial score (nSPS) is 10.9. The fraction of sp³-hybridized carbons (Fsp3) is 0. The minimum Gasteiger partial charge on any atom is -0.322 e. The van der Waals surface area contributed by atoms with Gasteiger partial charge in [0.2, 0.25) is 0 Å². The van der Waals surface area contributed by atoms with Gasteiger partial charge in [0, 0.05) is 52.1 Å². The van der Waals surface area contributed by atoms with E-state index in [0.29, 0.717) is 16.3 Å². The Bertz CT molecular complexity index is 1380. The van der Waals surface area contributed by atoms with Gasteiger partial charge in [-0.3, -0.25) is 9.78 Å². The Kier molecular flexibility index (Phi) is 4.90. The van der Waals surface area contributed by atoms with Gasteiger partial charge in [0.1, 0.15) is 0 Å². The highest BCUT2D eigenvalue weighted by Gasteiger charge is 2.11. The number of nitrogens with one attached hydrogen (secondary N) is 1. The first-order valence-electron chi connectivity index (χ1n) is 9.60. The third-order valence-corrected chi connectivity index (χ3v) is 5.11. The lowest BCUT2D eigenvalue weighted by Gasteiger charge is -2.09. The predicted molar refractivity (Wildman–Crippen MR) is 121 cm³/mol. The maximum absolute atomic E-state index is 12.6. The van der Waals surface area contributed by atoms with Crippen molar-refractivity contribution in [2.24, 2.45) is 0 Å². The average molecular weight is 426 g/mol. The van der Waals surface area contributed by atoms with Crippen molar-refractivity contribution >= 4 is 28.8 Å². The van der Waals surface area contributed by atoms with E-state index < -0.39 is 0 Å². The molecule has 0 fully saturated rings. The Morgan fingerprint density at radius 1 is 0.871 bits per heavy atom. The predicted octanol–water partition coefficient (Wildman–Crippen LogP) is 5.36. The quantitative estimate of drug-likeness (QED) is 0.420. The van der Waals surface area contributed by atoms with Crippen molar-refractivity contribution in [3.63, 3.8) is 0 Å². The maximum Gasteiger partial charge on any atom is 0.255 e. The Balaban J connectivity index is 1.48. The van der Waals surface area contributed by atoms with Crippen molar-refractivity contribution in [2.45, 2.75) is 0 Å². The number of hydrogen-bond donors (Lipinski definition) is 1. The van der Waals surface area contributed by atoms with Gasteiger partial charge in [-0.25, -0.2) is 9.50 Å². The molecule has 0 aliphatic carbocycles. The summed E-state index contributed by atoms with van der Waals surface area (Å²) in [6.45, 7) is 0. The Morgan fingerprint density at radius 3 is 2.48 bits per heavy atom. The molecule has 5 aromatic rings. The zero-order chi connectivity index (χ0) is 21.2. The third-order valence-electron chi connectivity index (χ3n) is 4.86. The summed E-state index contributed by atoms with van der Waals surface area (Å²) in [7, 11) is 0. The number of hydrogen-bond acceptors (Lipinski definition) is 4. The van der Waals surface area contributed by atoms with E-state index in [1.54, 1.807) is 47.4 Å². The second-order valence-corrected chi connectivity index (χ2v) is 7.34. The Morgan fingerprint density at radius 2 is 1.68 bits per heavy atom. The molecule has 1 amide bonds. The molecule has 2 aromatic carbocycles. The molecule has 0 radical (unpaired) electrons. The summed E-state index contributed by atoms with van der Waals surface area (Å²) in [4.78, 5) is 21.1. The molecule has 0 bridgehead atoms. The van der Waals surface area contributed by atoms with E-state index in [1.165, 1.54) is 0 Å². The lowest BCUT2D eigenvalue weighted by Crippen LogP contribution is -2.11. The number of benzene rings is 2. The molecular formula is C24H16ClN5O. The fourth-order valence-corrected chi connectivity index (χ4v) is 3.46. The summed E-state index contributed by atoms with van der Waals surface area (Å²) in [5.74, 6) is -0.201. The molecule has 3 aromatic heterocycles. The van der Waals surface area contributed by atoms with E-state index in [-0.39, 0.29) is 5.91 Å². The Labute approximate surface area is 183 Å². The number of carbonyl (C=O) groups excluding carboxylic acids is 1. The van der Waals surface area contributed by atoms with Crippen LogP contribution < -0.4 is 5.32 Å². The van der Waals surface area contributed by atoms with E-state index in [1.807, 2.05) is 48.5 Å². The van der Waals surface area contributed by atoms with Gasteiger partial charge in [-0.2, -0.15) is 5.10 Å². The second-order valence-electron chi connectivity index (χ2n) is 6.91. The zero-order valence-corrected chi connectivity index (χ0v) is 17.0. The van der Waals surface area contributed by atoms with Crippen molar-refractivity contribution in [1.82, 2.24) is 19.6 Å². The van der Waals surface area contributed by atoms with E-state index in [2.05, 4.69) is 15.3 Å². The largest absolute Gasteiger partial charge is 0.322 e. The molecule has 6 nitrogen and oxygen atoms in total. The summed E-state index contributed by atoms with van der Waals surface area (Å²) in [6, 6.07) is 22.1. The molecule has 0 unspecified atom stereocenters. The molecule has 5 rings (SSSR count). The summed E-state index contributed by atoms with van der Waals surface area (Å²) >= 11 is 5.91. The summed E-state index contributed by atoms with van der Waals surface area (Å²) in [5, 5.41) is 8.25. The van der Waals surface area contributed by atoms with Crippen LogP contribution in [0.1, 0.15) is 10.4 Å². The first-order chi connectivity index (χ1) is 15.2. The van der Waals surface area contributed by atoms with Crippen LogP contribution in [-0.4, -0.2) is 25.5 Å². The van der Waals surface area contributed by atoms with Gasteiger partial charge in [0.05, 0.1) is 11.4 Å². The van der Waals surface area contributed by atoms with E-state index in [0.717, 1.165) is 28.2 Å². The number of carbonyl (C=O) groups is 1. The first-order valence-corrected chi connectivity index (χ1v) is 9.98. The van der Waals surface area contributed by atoms with Crippen molar-refractivity contribution in [2.75, 3.05) is 5.32 Å². The number of fused-ring (bicyclic) bond motifs is 1. The van der Waals surface area contributed by atoms with E-state index in [9.17, 15) is 4.79 Å². The van der Waals surface area contributed by atoms with Gasteiger partial charge in [-0.05, 0) is 54.6 Å². The molecule has 3 heterocycles. The monoisotopic (exact) mass is 425 g/mol. The van der Waals surface area contributed by atoms with Crippen LogP contribution in [0.3, 0.4) is 0 Å². The highest BCUT2D eigenvalue weighted by Crippen LogP contribution is 2.26. The average Bonchev–Trinajstić information content (AvgIpc) is 3.25. The summed E-state index contributed by atoms with van der Waals surface area (Å²) in [6.07, 6.45) is 5.22. The van der Waals surface area contributed by atoms with Crippen LogP contribution in [0.2, 0.25) is 5.02 Å². The van der Waals surface area contributed by atoms with E-state index in [4.69, 9.17) is 16.7 Å². The topological polar surface area (TPSA) is 72.2 Å². The van der Waals surface area contributed by atoms with Crippen LogP contribution in [0.5, 0.6) is 0 Å². The fourth-order valence-electron chi connectivity index (χ4n) is 3.34. The molecule has 0 spiro atoms. The Hall–Kier alpha value is -4.03. The van der Waals surface area contributed by atoms with Crippen molar-refractivity contribution in [3.05, 3.63) is 102 Å². The molecular weight excluding hydrogens is 410 g/mol. The highest BCUT2D eigenvalue weighted by atomic mass is 35.5. The van der Waals surface area contributed by atoms with Gasteiger partial charge in [-0.1, -0.05) is 23.7 Å². The summed E-state index contributed by atoms with van der Waals surface area (Å²) < 4.78 is 1.80. The molecule has 0 atom stereocenters. The number of rotatable bonds is 4. The molecule has 150 valence electrons. The SMILES string of the molecule is O=C(Nc1cccc(-c2ccnc3cc(-c4ccncc4)nn23)c1)c1ccc(Cl)cc1. The molecule has 0 aliphatic rings. The van der Waals surface area contributed by atoms with Crippen molar-refractivity contribution < 1.29 is 4.79 Å². The number of halogens is 1. The first kappa shape index (κ1) is 19.0. The number of anilines is 1. The van der Waals surface area contributed by atoms with Crippen LogP contribution in [0.4, 0.5) is 5.69 Å². The minimum atomic E-state index is -0.201. The van der Waals surface area contributed by atoms with Gasteiger partial charge >= 0.3 is 0 Å². The highest BCUT2D eigenvalue weighted by molar-refractivity contribution is 6.30. The second kappa shape index (κ2) is 8.01. The molecule has 31 heavy (non-hydrogen) atoms. The molecule has 7 heteroatoms. The third kappa shape index (κ3) is 3.89. The van der Waals surface area contributed by atoms with Gasteiger partial charge in [0.15, 0.2) is 5.65 Å². The lowest BCUT2D eigenvalue weighted by atomic mass is 10.1. The zero-order valence-electron chi connectivity index (χ0n) is 16.2. The molecule has 1 N–H and O–H groups in total. The van der Waals surface area contributed by atoms with Crippen molar-refractivity contribution in [1.29, 1.82) is 0 Å². The number of pyridine rings is 1. The molecule has 0 aliphatic heterocycles. The molecule has 0 saturated carbocycles. The minimum absolute atomic E-state index is 0.201. The molecule has 0 saturated heterocycles. The smallest absolute Gasteiger partial charge is 0.255 e. The van der Waals surface area contributed by atoms with Gasteiger partial charge in [0.25, 0.3) is 5.91 Å². The number of amides is 1. The number of aromatic nitrogens is 4. The maximum atomic E-state index is 12.6. The van der Waals surface area contributed by atoms with E-state index >= 15 is 0 Å². The van der Waals surface area contributed by atoms with Crippen LogP contribution >= 0.6 is 11.6 Å².